The molecule has 2 heterocycles. The number of hydrogen-bond donors (Lipinski definition) is 1. The summed E-state index contributed by atoms with van der Waals surface area (Å²) < 4.78 is 2.19. The van der Waals surface area contributed by atoms with E-state index in [9.17, 15) is 14.7 Å². The van der Waals surface area contributed by atoms with E-state index in [1.807, 2.05) is 43.9 Å². The van der Waals surface area contributed by atoms with Crippen LogP contribution in [0.5, 0.6) is 0 Å². The van der Waals surface area contributed by atoms with Gasteiger partial charge in [0.05, 0.1) is 4.91 Å². The van der Waals surface area contributed by atoms with Crippen LogP contribution in [0.1, 0.15) is 25.8 Å². The van der Waals surface area contributed by atoms with Gasteiger partial charge < -0.3 is 9.67 Å². The van der Waals surface area contributed by atoms with Gasteiger partial charge in [0.15, 0.2) is 0 Å². The zero-order valence-electron chi connectivity index (χ0n) is 12.6. The van der Waals surface area contributed by atoms with Gasteiger partial charge in [0, 0.05) is 19.4 Å². The maximum atomic E-state index is 12.5. The quantitative estimate of drug-likeness (QED) is 0.661. The normalized spacial score (nSPS) is 18.5. The van der Waals surface area contributed by atoms with Crippen molar-refractivity contribution in [2.24, 2.45) is 13.0 Å². The Morgan fingerprint density at radius 2 is 2.18 bits per heavy atom. The summed E-state index contributed by atoms with van der Waals surface area (Å²) in [7, 11) is 1.89. The summed E-state index contributed by atoms with van der Waals surface area (Å²) in [5.41, 5.74) is 0.888. The van der Waals surface area contributed by atoms with Crippen LogP contribution in [0, 0.1) is 5.92 Å². The van der Waals surface area contributed by atoms with Gasteiger partial charge >= 0.3 is 5.97 Å². The van der Waals surface area contributed by atoms with Crippen molar-refractivity contribution in [1.29, 1.82) is 0 Å². The molecule has 1 amide bonds. The molecule has 1 atom stereocenters. The average molecular weight is 338 g/mol. The maximum Gasteiger partial charge on any atom is 0.326 e. The van der Waals surface area contributed by atoms with Gasteiger partial charge in [-0.2, -0.15) is 0 Å². The fraction of sp³-hybridized carbons (Fsp3) is 0.400. The molecule has 1 N–H and O–H groups in total. The molecule has 1 unspecified atom stereocenters. The third-order valence-electron chi connectivity index (χ3n) is 3.27. The fourth-order valence-corrected chi connectivity index (χ4v) is 3.63. The van der Waals surface area contributed by atoms with Gasteiger partial charge in [-0.25, -0.2) is 4.79 Å². The van der Waals surface area contributed by atoms with Crippen LogP contribution in [-0.2, 0) is 16.6 Å². The van der Waals surface area contributed by atoms with E-state index in [0.29, 0.717) is 15.6 Å². The van der Waals surface area contributed by atoms with Crippen LogP contribution < -0.4 is 0 Å². The lowest BCUT2D eigenvalue weighted by molar-refractivity contribution is -0.145. The number of carboxylic acids is 1. The van der Waals surface area contributed by atoms with Crippen LogP contribution >= 0.6 is 24.0 Å². The fourth-order valence-electron chi connectivity index (χ4n) is 2.27. The first kappa shape index (κ1) is 16.8. The van der Waals surface area contributed by atoms with E-state index in [0.717, 1.165) is 17.3 Å². The van der Waals surface area contributed by atoms with Gasteiger partial charge in [-0.15, -0.1) is 0 Å². The Kier molecular flexibility index (Phi) is 5.08. The van der Waals surface area contributed by atoms with Crippen molar-refractivity contribution >= 4 is 46.3 Å². The Balaban J connectivity index is 2.27. The van der Waals surface area contributed by atoms with E-state index in [4.69, 9.17) is 12.2 Å². The third kappa shape index (κ3) is 3.59. The molecule has 1 fully saturated rings. The number of thiocarbonyl (C=S) groups is 1. The summed E-state index contributed by atoms with van der Waals surface area (Å²) >= 11 is 6.38. The molecule has 0 radical (unpaired) electrons. The molecule has 22 heavy (non-hydrogen) atoms. The molecule has 2 rings (SSSR count). The number of carbonyl (C=O) groups is 2. The number of thioether (sulfide) groups is 1. The Bertz CT molecular complexity index is 649. The minimum Gasteiger partial charge on any atom is -0.480 e. The van der Waals surface area contributed by atoms with Crippen LogP contribution in [-0.4, -0.2) is 36.8 Å². The number of nitrogens with zero attached hydrogens (tertiary/aromatic N) is 2. The molecule has 1 aromatic heterocycles. The first-order valence-corrected chi connectivity index (χ1v) is 8.14. The van der Waals surface area contributed by atoms with Gasteiger partial charge in [-0.05, 0) is 30.0 Å². The van der Waals surface area contributed by atoms with Gasteiger partial charge in [0.25, 0.3) is 5.91 Å². The lowest BCUT2D eigenvalue weighted by Crippen LogP contribution is -2.44. The van der Waals surface area contributed by atoms with Crippen molar-refractivity contribution in [2.75, 3.05) is 0 Å². The number of rotatable bonds is 5. The molecule has 0 spiro atoms. The van der Waals surface area contributed by atoms with Crippen LogP contribution in [0.3, 0.4) is 0 Å². The summed E-state index contributed by atoms with van der Waals surface area (Å²) in [6, 6.07) is 0.976. The van der Waals surface area contributed by atoms with E-state index in [1.165, 1.54) is 4.90 Å². The van der Waals surface area contributed by atoms with Crippen LogP contribution in [0.25, 0.3) is 6.08 Å². The Morgan fingerprint density at radius 1 is 1.50 bits per heavy atom. The van der Waals surface area contributed by atoms with E-state index in [1.54, 1.807) is 6.08 Å². The molecule has 0 aliphatic carbocycles. The van der Waals surface area contributed by atoms with Crippen LogP contribution in [0.15, 0.2) is 23.4 Å². The number of carbonyl (C=O) groups excluding carboxylic acids is 1. The minimum atomic E-state index is -1.02. The lowest BCUT2D eigenvalue weighted by atomic mass is 10.0. The molecular formula is C15H18N2O3S2. The van der Waals surface area contributed by atoms with Gasteiger partial charge in [-0.1, -0.05) is 37.8 Å². The molecule has 0 aromatic carbocycles. The summed E-state index contributed by atoms with van der Waals surface area (Å²) in [6.45, 7) is 3.85. The van der Waals surface area contributed by atoms with E-state index in [-0.39, 0.29) is 11.8 Å². The highest BCUT2D eigenvalue weighted by Crippen LogP contribution is 2.35. The highest BCUT2D eigenvalue weighted by Gasteiger charge is 2.40. The molecule has 1 saturated heterocycles. The second-order valence-corrected chi connectivity index (χ2v) is 7.32. The molecular weight excluding hydrogens is 320 g/mol. The molecule has 5 nitrogen and oxygen atoms in total. The summed E-state index contributed by atoms with van der Waals surface area (Å²) in [5, 5.41) is 9.41. The smallest absolute Gasteiger partial charge is 0.326 e. The first-order chi connectivity index (χ1) is 10.3. The zero-order chi connectivity index (χ0) is 16.4. The van der Waals surface area contributed by atoms with Crippen molar-refractivity contribution in [3.05, 3.63) is 28.9 Å². The highest BCUT2D eigenvalue weighted by atomic mass is 32.2. The maximum absolute atomic E-state index is 12.5. The Morgan fingerprint density at radius 3 is 2.68 bits per heavy atom. The Labute approximate surface area is 139 Å². The summed E-state index contributed by atoms with van der Waals surface area (Å²) in [5.74, 6) is -1.19. The number of carboxylic acid groups (broad SMARTS) is 1. The first-order valence-electron chi connectivity index (χ1n) is 6.91. The van der Waals surface area contributed by atoms with Crippen molar-refractivity contribution in [3.8, 4) is 0 Å². The van der Waals surface area contributed by atoms with Crippen LogP contribution in [0.2, 0.25) is 0 Å². The molecule has 1 aromatic rings. The number of amides is 1. The number of aryl methyl sites for hydroxylation is 1. The largest absolute Gasteiger partial charge is 0.480 e. The SMILES string of the molecule is CC(C)CC(C(=O)O)N1C(=O)/C(=C\c2ccn(C)c2)SC1=S. The van der Waals surface area contributed by atoms with E-state index >= 15 is 0 Å². The molecule has 0 saturated carbocycles. The molecule has 7 heteroatoms. The monoisotopic (exact) mass is 338 g/mol. The second kappa shape index (κ2) is 6.66. The molecule has 118 valence electrons. The number of hydrogen-bond acceptors (Lipinski definition) is 4. The standard InChI is InChI=1S/C15H18N2O3S2/c1-9(2)6-11(14(19)20)17-13(18)12(22-15(17)21)7-10-4-5-16(3)8-10/h4-5,7-9,11H,6H2,1-3H3,(H,19,20)/b12-7+. The van der Waals surface area contributed by atoms with Crippen molar-refractivity contribution in [3.63, 3.8) is 0 Å². The average Bonchev–Trinajstić information content (AvgIpc) is 2.92. The predicted octanol–water partition coefficient (Wildman–Crippen LogP) is 2.73. The predicted molar refractivity (Wildman–Crippen MR) is 91.3 cm³/mol. The summed E-state index contributed by atoms with van der Waals surface area (Å²) in [6.07, 6.45) is 5.88. The second-order valence-electron chi connectivity index (χ2n) is 5.65. The topological polar surface area (TPSA) is 62.5 Å². The highest BCUT2D eigenvalue weighted by molar-refractivity contribution is 8.26. The van der Waals surface area contributed by atoms with E-state index < -0.39 is 12.0 Å². The van der Waals surface area contributed by atoms with Crippen molar-refractivity contribution in [2.45, 2.75) is 26.3 Å². The van der Waals surface area contributed by atoms with Crippen molar-refractivity contribution in [1.82, 2.24) is 9.47 Å². The molecule has 0 bridgehead atoms. The minimum absolute atomic E-state index is 0.156. The van der Waals surface area contributed by atoms with Gasteiger partial charge in [-0.3, -0.25) is 9.69 Å². The number of aliphatic carboxylic acids is 1. The van der Waals surface area contributed by atoms with Crippen molar-refractivity contribution < 1.29 is 14.7 Å². The number of aromatic nitrogens is 1. The van der Waals surface area contributed by atoms with Crippen LogP contribution in [0.4, 0.5) is 0 Å². The molecule has 1 aliphatic heterocycles. The van der Waals surface area contributed by atoms with Gasteiger partial charge in [0.2, 0.25) is 0 Å². The Hall–Kier alpha value is -1.60. The van der Waals surface area contributed by atoms with Gasteiger partial charge in [0.1, 0.15) is 10.4 Å². The third-order valence-corrected chi connectivity index (χ3v) is 4.60. The summed E-state index contributed by atoms with van der Waals surface area (Å²) in [4.78, 5) is 25.7. The lowest BCUT2D eigenvalue weighted by Gasteiger charge is -2.24. The molecule has 1 aliphatic rings. The zero-order valence-corrected chi connectivity index (χ0v) is 14.3. The van der Waals surface area contributed by atoms with E-state index in [2.05, 4.69) is 0 Å².